The lowest BCUT2D eigenvalue weighted by molar-refractivity contribution is 0.0698. The van der Waals surface area contributed by atoms with Gasteiger partial charge >= 0.3 is 5.97 Å². The number of carboxylic acids is 1. The summed E-state index contributed by atoms with van der Waals surface area (Å²) in [6.07, 6.45) is 1.78. The van der Waals surface area contributed by atoms with Crippen LogP contribution >= 0.6 is 0 Å². The summed E-state index contributed by atoms with van der Waals surface area (Å²) < 4.78 is 7.77. The Morgan fingerprint density at radius 3 is 2.67 bits per heavy atom. The van der Waals surface area contributed by atoms with Crippen molar-refractivity contribution in [3.8, 4) is 11.5 Å². The number of nitrogens with one attached hydrogen (secondary N) is 1. The maximum Gasteiger partial charge on any atom is 0.337 e. The van der Waals surface area contributed by atoms with Crippen LogP contribution in [-0.4, -0.2) is 20.9 Å². The van der Waals surface area contributed by atoms with Gasteiger partial charge in [-0.05, 0) is 43.7 Å². The molecule has 0 aliphatic carbocycles. The van der Waals surface area contributed by atoms with Gasteiger partial charge in [0.25, 0.3) is 0 Å². The molecular weight excluding hydrogens is 382 g/mol. The number of benzene rings is 2. The van der Waals surface area contributed by atoms with Crippen molar-refractivity contribution in [2.75, 3.05) is 5.32 Å². The van der Waals surface area contributed by atoms with Crippen LogP contribution in [0.5, 0.6) is 0 Å². The monoisotopic (exact) mass is 403 g/mol. The van der Waals surface area contributed by atoms with Crippen LogP contribution < -0.4 is 10.7 Å². The van der Waals surface area contributed by atoms with E-state index in [1.54, 1.807) is 54.3 Å². The van der Waals surface area contributed by atoms with Crippen LogP contribution in [0.2, 0.25) is 0 Å². The molecule has 0 saturated heterocycles. The smallest absolute Gasteiger partial charge is 0.337 e. The number of aromatic nitrogens is 2. The standard InChI is InChI=1S/C23H21N3O4/c1-13-10-16(14(2)24-18-7-5-4-6-15(18)23(28)29)22-17(11-13)20(27)12-21(30-22)19-8-9-26(3)25-19/h4-12,14,24H,1-3H3,(H,28,29). The fraction of sp³-hybridized carbons (Fsp3) is 0.174. The van der Waals surface area contributed by atoms with E-state index in [1.165, 1.54) is 6.07 Å². The Balaban J connectivity index is 1.84. The minimum atomic E-state index is -1.01. The molecule has 2 N–H and O–H groups in total. The molecule has 0 radical (unpaired) electrons. The molecule has 4 aromatic rings. The van der Waals surface area contributed by atoms with Crippen LogP contribution in [0, 0.1) is 6.92 Å². The Morgan fingerprint density at radius 1 is 1.20 bits per heavy atom. The first-order valence-electron chi connectivity index (χ1n) is 9.51. The van der Waals surface area contributed by atoms with E-state index in [1.807, 2.05) is 19.9 Å². The lowest BCUT2D eigenvalue weighted by atomic mass is 10.0. The summed E-state index contributed by atoms with van der Waals surface area (Å²) in [5.74, 6) is -0.625. The molecular formula is C23H21N3O4. The number of para-hydroxylation sites is 1. The fourth-order valence-electron chi connectivity index (χ4n) is 3.54. The van der Waals surface area contributed by atoms with Crippen LogP contribution in [0.25, 0.3) is 22.4 Å². The first kappa shape index (κ1) is 19.4. The Labute approximate surface area is 172 Å². The Hall–Kier alpha value is -3.87. The van der Waals surface area contributed by atoms with Gasteiger partial charge in [0.2, 0.25) is 0 Å². The van der Waals surface area contributed by atoms with Gasteiger partial charge in [-0.1, -0.05) is 18.2 Å². The van der Waals surface area contributed by atoms with Gasteiger partial charge in [0.05, 0.1) is 17.0 Å². The van der Waals surface area contributed by atoms with Crippen molar-refractivity contribution in [3.05, 3.63) is 81.6 Å². The molecule has 0 fully saturated rings. The number of aryl methyl sites for hydroxylation is 2. The minimum Gasteiger partial charge on any atom is -0.478 e. The van der Waals surface area contributed by atoms with Crippen molar-refractivity contribution in [2.45, 2.75) is 19.9 Å². The number of aromatic carboxylic acids is 1. The van der Waals surface area contributed by atoms with Gasteiger partial charge < -0.3 is 14.8 Å². The van der Waals surface area contributed by atoms with Crippen molar-refractivity contribution < 1.29 is 14.3 Å². The molecule has 0 aliphatic heterocycles. The van der Waals surface area contributed by atoms with Gasteiger partial charge in [-0.25, -0.2) is 4.79 Å². The molecule has 7 heteroatoms. The second-order valence-electron chi connectivity index (χ2n) is 7.30. The number of nitrogens with zero attached hydrogens (tertiary/aromatic N) is 2. The maximum atomic E-state index is 12.8. The van der Waals surface area contributed by atoms with Crippen molar-refractivity contribution in [1.82, 2.24) is 9.78 Å². The molecule has 0 saturated carbocycles. The van der Waals surface area contributed by atoms with E-state index in [9.17, 15) is 14.7 Å². The number of fused-ring (bicyclic) bond motifs is 1. The van der Waals surface area contributed by atoms with Crippen LogP contribution in [0.1, 0.15) is 34.5 Å². The van der Waals surface area contributed by atoms with Crippen LogP contribution in [0.15, 0.2) is 63.9 Å². The lowest BCUT2D eigenvalue weighted by Gasteiger charge is -2.19. The zero-order chi connectivity index (χ0) is 21.4. The predicted molar refractivity (Wildman–Crippen MR) is 115 cm³/mol. The fourth-order valence-corrected chi connectivity index (χ4v) is 3.54. The molecule has 0 amide bonds. The van der Waals surface area contributed by atoms with Gasteiger partial charge in [-0.15, -0.1) is 0 Å². The minimum absolute atomic E-state index is 0.153. The molecule has 0 aliphatic rings. The van der Waals surface area contributed by atoms with Gasteiger partial charge in [-0.2, -0.15) is 5.10 Å². The number of rotatable bonds is 5. The van der Waals surface area contributed by atoms with Gasteiger partial charge in [0.1, 0.15) is 11.3 Å². The largest absolute Gasteiger partial charge is 0.478 e. The summed E-state index contributed by atoms with van der Waals surface area (Å²) >= 11 is 0. The summed E-state index contributed by atoms with van der Waals surface area (Å²) in [6.45, 7) is 3.81. The Morgan fingerprint density at radius 2 is 1.97 bits per heavy atom. The van der Waals surface area contributed by atoms with Crippen molar-refractivity contribution in [1.29, 1.82) is 0 Å². The zero-order valence-corrected chi connectivity index (χ0v) is 16.8. The molecule has 0 spiro atoms. The van der Waals surface area contributed by atoms with Crippen LogP contribution in [0.3, 0.4) is 0 Å². The number of carbonyl (C=O) groups is 1. The molecule has 0 bridgehead atoms. The highest BCUT2D eigenvalue weighted by Gasteiger charge is 2.18. The predicted octanol–water partition coefficient (Wildman–Crippen LogP) is 4.37. The highest BCUT2D eigenvalue weighted by molar-refractivity contribution is 5.94. The third-order valence-corrected chi connectivity index (χ3v) is 4.96. The molecule has 2 aromatic heterocycles. The highest BCUT2D eigenvalue weighted by Crippen LogP contribution is 2.30. The average molecular weight is 403 g/mol. The third kappa shape index (κ3) is 3.57. The van der Waals surface area contributed by atoms with E-state index in [2.05, 4.69) is 10.4 Å². The topological polar surface area (TPSA) is 97.4 Å². The molecule has 1 unspecified atom stereocenters. The molecule has 30 heavy (non-hydrogen) atoms. The second-order valence-corrected chi connectivity index (χ2v) is 7.30. The highest BCUT2D eigenvalue weighted by atomic mass is 16.4. The zero-order valence-electron chi connectivity index (χ0n) is 16.8. The molecule has 152 valence electrons. The van der Waals surface area contributed by atoms with Gasteiger partial charge in [0.15, 0.2) is 11.2 Å². The van der Waals surface area contributed by atoms with Crippen molar-refractivity contribution in [2.24, 2.45) is 7.05 Å². The number of hydrogen-bond donors (Lipinski definition) is 2. The van der Waals surface area contributed by atoms with Crippen molar-refractivity contribution >= 4 is 22.6 Å². The molecule has 1 atom stereocenters. The lowest BCUT2D eigenvalue weighted by Crippen LogP contribution is -2.12. The Bertz CT molecular complexity index is 1320. The van der Waals surface area contributed by atoms with E-state index >= 15 is 0 Å². The number of anilines is 1. The average Bonchev–Trinajstić information content (AvgIpc) is 3.14. The SMILES string of the molecule is Cc1cc(C(C)Nc2ccccc2C(=O)O)c2oc(-c3ccn(C)n3)cc(=O)c2c1. The van der Waals surface area contributed by atoms with E-state index in [-0.39, 0.29) is 17.0 Å². The summed E-state index contributed by atoms with van der Waals surface area (Å²) in [7, 11) is 1.79. The number of carboxylic acid groups (broad SMARTS) is 1. The van der Waals surface area contributed by atoms with Crippen molar-refractivity contribution in [3.63, 3.8) is 0 Å². The summed E-state index contributed by atoms with van der Waals surface area (Å²) in [6, 6.07) is 13.4. The van der Waals surface area contributed by atoms with E-state index in [4.69, 9.17) is 4.42 Å². The van der Waals surface area contributed by atoms with E-state index in [0.29, 0.717) is 28.1 Å². The number of hydrogen-bond acceptors (Lipinski definition) is 5. The summed E-state index contributed by atoms with van der Waals surface area (Å²) in [5, 5.41) is 17.5. The molecule has 2 heterocycles. The van der Waals surface area contributed by atoms with Crippen LogP contribution in [0.4, 0.5) is 5.69 Å². The van der Waals surface area contributed by atoms with E-state index in [0.717, 1.165) is 11.1 Å². The molecule has 7 nitrogen and oxygen atoms in total. The van der Waals surface area contributed by atoms with E-state index < -0.39 is 5.97 Å². The first-order chi connectivity index (χ1) is 14.3. The van der Waals surface area contributed by atoms with Gasteiger partial charge in [0, 0.05) is 30.6 Å². The second kappa shape index (κ2) is 7.51. The third-order valence-electron chi connectivity index (χ3n) is 4.96. The summed E-state index contributed by atoms with van der Waals surface area (Å²) in [5.41, 5.74) is 3.23. The van der Waals surface area contributed by atoms with Crippen LogP contribution in [-0.2, 0) is 7.05 Å². The molecule has 2 aromatic carbocycles. The quantitative estimate of drug-likeness (QED) is 0.513. The first-order valence-corrected chi connectivity index (χ1v) is 9.51. The normalized spacial score (nSPS) is 12.1. The molecule has 4 rings (SSSR count). The van der Waals surface area contributed by atoms with Gasteiger partial charge in [-0.3, -0.25) is 9.48 Å². The Kier molecular flexibility index (Phi) is 4.87. The maximum absolute atomic E-state index is 12.8. The summed E-state index contributed by atoms with van der Waals surface area (Å²) in [4.78, 5) is 24.4.